The Balaban J connectivity index is 2.68. The van der Waals surface area contributed by atoms with Crippen molar-refractivity contribution in [1.29, 1.82) is 0 Å². The number of likely N-dealkylation sites (N-methyl/N-ethyl adjacent to an activating group) is 1. The minimum absolute atomic E-state index is 0.215. The van der Waals surface area contributed by atoms with Crippen LogP contribution < -0.4 is 5.73 Å². The van der Waals surface area contributed by atoms with Gasteiger partial charge in [0.2, 0.25) is 0 Å². The fraction of sp³-hybridized carbons (Fsp3) is 0.533. The zero-order valence-electron chi connectivity index (χ0n) is 12.8. The number of nitrogens with two attached hydrogens (primary N) is 1. The van der Waals surface area contributed by atoms with Crippen LogP contribution in [0.25, 0.3) is 0 Å². The molecule has 5 nitrogen and oxygen atoms in total. The lowest BCUT2D eigenvalue weighted by Crippen LogP contribution is -2.36. The number of amides is 1. The van der Waals surface area contributed by atoms with Gasteiger partial charge in [0.1, 0.15) is 5.60 Å². The molecule has 112 valence electrons. The second kappa shape index (κ2) is 6.61. The van der Waals surface area contributed by atoms with Crippen molar-refractivity contribution in [2.24, 2.45) is 0 Å². The highest BCUT2D eigenvalue weighted by molar-refractivity contribution is 5.67. The maximum absolute atomic E-state index is 11.9. The second-order valence-electron chi connectivity index (χ2n) is 5.75. The van der Waals surface area contributed by atoms with Gasteiger partial charge in [-0.25, -0.2) is 4.79 Å². The van der Waals surface area contributed by atoms with Crippen molar-refractivity contribution >= 4 is 11.8 Å². The van der Waals surface area contributed by atoms with E-state index in [-0.39, 0.29) is 12.2 Å². The normalized spacial score (nSPS) is 12.8. The molecule has 0 aromatic heterocycles. The highest BCUT2D eigenvalue weighted by Crippen LogP contribution is 2.20. The van der Waals surface area contributed by atoms with Crippen molar-refractivity contribution in [1.82, 2.24) is 4.90 Å². The molecule has 1 amide bonds. The first-order valence-corrected chi connectivity index (χ1v) is 6.55. The number of carbonyl (C=O) groups excluding carboxylic acids is 1. The minimum atomic E-state index is -0.505. The SMILES string of the molecule is COC(CN(C)C(=O)OC(C)(C)C)c1ccc(N)cc1. The Morgan fingerprint density at radius 1 is 1.30 bits per heavy atom. The van der Waals surface area contributed by atoms with E-state index in [4.69, 9.17) is 15.2 Å². The fourth-order valence-electron chi connectivity index (χ4n) is 1.69. The molecule has 1 aromatic carbocycles. The molecule has 20 heavy (non-hydrogen) atoms. The van der Waals surface area contributed by atoms with Crippen molar-refractivity contribution in [3.8, 4) is 0 Å². The maximum Gasteiger partial charge on any atom is 0.410 e. The molecule has 2 N–H and O–H groups in total. The number of hydrogen-bond donors (Lipinski definition) is 1. The van der Waals surface area contributed by atoms with Gasteiger partial charge in [-0.1, -0.05) is 12.1 Å². The summed E-state index contributed by atoms with van der Waals surface area (Å²) in [7, 11) is 3.31. The Kier molecular flexibility index (Phi) is 5.39. The standard InChI is InChI=1S/C15H24N2O3/c1-15(2,3)20-14(18)17(4)10-13(19-5)11-6-8-12(16)9-7-11/h6-9,13H,10,16H2,1-5H3. The van der Waals surface area contributed by atoms with Gasteiger partial charge in [0.15, 0.2) is 0 Å². The molecule has 0 radical (unpaired) electrons. The van der Waals surface area contributed by atoms with E-state index in [1.165, 1.54) is 4.90 Å². The fourth-order valence-corrected chi connectivity index (χ4v) is 1.69. The van der Waals surface area contributed by atoms with Crippen LogP contribution in [0.5, 0.6) is 0 Å². The summed E-state index contributed by atoms with van der Waals surface area (Å²) in [4.78, 5) is 13.4. The molecule has 0 fully saturated rings. The van der Waals surface area contributed by atoms with Crippen LogP contribution in [0, 0.1) is 0 Å². The second-order valence-corrected chi connectivity index (χ2v) is 5.75. The Labute approximate surface area is 120 Å². The number of anilines is 1. The number of carbonyl (C=O) groups is 1. The Morgan fingerprint density at radius 3 is 2.30 bits per heavy atom. The lowest BCUT2D eigenvalue weighted by Gasteiger charge is -2.27. The lowest BCUT2D eigenvalue weighted by molar-refractivity contribution is 0.0141. The molecule has 1 unspecified atom stereocenters. The molecule has 0 aliphatic carbocycles. The summed E-state index contributed by atoms with van der Waals surface area (Å²) in [6.07, 6.45) is -0.580. The smallest absolute Gasteiger partial charge is 0.410 e. The first kappa shape index (κ1) is 16.3. The van der Waals surface area contributed by atoms with Gasteiger partial charge >= 0.3 is 6.09 Å². The van der Waals surface area contributed by atoms with Gasteiger partial charge in [0.05, 0.1) is 12.6 Å². The molecule has 1 atom stereocenters. The Hall–Kier alpha value is -1.75. The molecule has 0 bridgehead atoms. The summed E-state index contributed by atoms with van der Waals surface area (Å²) in [5.74, 6) is 0. The van der Waals surface area contributed by atoms with Crippen LogP contribution in [0.3, 0.4) is 0 Å². The van der Waals surface area contributed by atoms with Gasteiger partial charge in [-0.2, -0.15) is 0 Å². The molecular weight excluding hydrogens is 256 g/mol. The number of rotatable bonds is 4. The van der Waals surface area contributed by atoms with E-state index in [9.17, 15) is 4.79 Å². The monoisotopic (exact) mass is 280 g/mol. The van der Waals surface area contributed by atoms with E-state index < -0.39 is 5.60 Å². The largest absolute Gasteiger partial charge is 0.444 e. The third kappa shape index (κ3) is 5.09. The topological polar surface area (TPSA) is 64.8 Å². The van der Waals surface area contributed by atoms with Crippen molar-refractivity contribution in [3.05, 3.63) is 29.8 Å². The number of nitrogens with zero attached hydrogens (tertiary/aromatic N) is 1. The molecule has 5 heteroatoms. The maximum atomic E-state index is 11.9. The third-order valence-electron chi connectivity index (χ3n) is 2.74. The Bertz CT molecular complexity index is 437. The molecule has 0 aliphatic heterocycles. The van der Waals surface area contributed by atoms with Gasteiger partial charge in [0, 0.05) is 19.8 Å². The van der Waals surface area contributed by atoms with E-state index in [1.807, 2.05) is 45.0 Å². The number of benzene rings is 1. The quantitative estimate of drug-likeness (QED) is 0.861. The van der Waals surface area contributed by atoms with Gasteiger partial charge in [-0.15, -0.1) is 0 Å². The van der Waals surface area contributed by atoms with E-state index in [1.54, 1.807) is 14.2 Å². The highest BCUT2D eigenvalue weighted by atomic mass is 16.6. The summed E-state index contributed by atoms with van der Waals surface area (Å²) in [5.41, 5.74) is 6.82. The number of ether oxygens (including phenoxy) is 2. The molecular formula is C15H24N2O3. The zero-order valence-corrected chi connectivity index (χ0v) is 12.8. The highest BCUT2D eigenvalue weighted by Gasteiger charge is 2.22. The van der Waals surface area contributed by atoms with Crippen molar-refractivity contribution in [3.63, 3.8) is 0 Å². The minimum Gasteiger partial charge on any atom is -0.444 e. The van der Waals surface area contributed by atoms with Gasteiger partial charge in [0.25, 0.3) is 0 Å². The first-order valence-electron chi connectivity index (χ1n) is 6.55. The predicted molar refractivity (Wildman–Crippen MR) is 79.5 cm³/mol. The van der Waals surface area contributed by atoms with E-state index in [0.29, 0.717) is 12.2 Å². The summed E-state index contributed by atoms with van der Waals surface area (Å²) >= 11 is 0. The number of hydrogen-bond acceptors (Lipinski definition) is 4. The van der Waals surface area contributed by atoms with Crippen molar-refractivity contribution in [2.45, 2.75) is 32.5 Å². The van der Waals surface area contributed by atoms with Crippen LogP contribution in [0.4, 0.5) is 10.5 Å². The third-order valence-corrected chi connectivity index (χ3v) is 2.74. The van der Waals surface area contributed by atoms with Crippen molar-refractivity contribution in [2.75, 3.05) is 26.4 Å². The van der Waals surface area contributed by atoms with Crippen molar-refractivity contribution < 1.29 is 14.3 Å². The van der Waals surface area contributed by atoms with Gasteiger partial charge < -0.3 is 20.1 Å². The Morgan fingerprint density at radius 2 is 1.85 bits per heavy atom. The number of methoxy groups -OCH3 is 1. The molecule has 0 heterocycles. The molecule has 1 aromatic rings. The summed E-state index contributed by atoms with van der Waals surface area (Å²) in [6.45, 7) is 5.93. The van der Waals surface area contributed by atoms with Gasteiger partial charge in [-0.3, -0.25) is 0 Å². The first-order chi connectivity index (χ1) is 9.23. The van der Waals surface area contributed by atoms with E-state index >= 15 is 0 Å². The number of nitrogen functional groups attached to an aromatic ring is 1. The van der Waals surface area contributed by atoms with Crippen LogP contribution in [-0.2, 0) is 9.47 Å². The lowest BCUT2D eigenvalue weighted by atomic mass is 10.1. The zero-order chi connectivity index (χ0) is 15.3. The van der Waals surface area contributed by atoms with Crippen LogP contribution in [0.15, 0.2) is 24.3 Å². The summed E-state index contributed by atoms with van der Waals surface area (Å²) in [6, 6.07) is 7.42. The average Bonchev–Trinajstić information content (AvgIpc) is 2.34. The van der Waals surface area contributed by atoms with Crippen LogP contribution in [-0.4, -0.2) is 37.3 Å². The molecule has 0 aliphatic rings. The van der Waals surface area contributed by atoms with Gasteiger partial charge in [-0.05, 0) is 38.5 Å². The predicted octanol–water partition coefficient (Wildman–Crippen LogP) is 2.82. The average molecular weight is 280 g/mol. The summed E-state index contributed by atoms with van der Waals surface area (Å²) in [5, 5.41) is 0. The molecule has 0 spiro atoms. The van der Waals surface area contributed by atoms with Crippen LogP contribution >= 0.6 is 0 Å². The van der Waals surface area contributed by atoms with E-state index in [2.05, 4.69) is 0 Å². The van der Waals surface area contributed by atoms with Crippen LogP contribution in [0.1, 0.15) is 32.4 Å². The molecule has 0 saturated heterocycles. The van der Waals surface area contributed by atoms with E-state index in [0.717, 1.165) is 5.56 Å². The molecule has 0 saturated carbocycles. The van der Waals surface area contributed by atoms with Crippen LogP contribution in [0.2, 0.25) is 0 Å². The summed E-state index contributed by atoms with van der Waals surface area (Å²) < 4.78 is 10.7. The molecule has 1 rings (SSSR count).